The Morgan fingerprint density at radius 1 is 1.73 bits per heavy atom. The zero-order valence-electron chi connectivity index (χ0n) is 5.77. The lowest BCUT2D eigenvalue weighted by Crippen LogP contribution is -2.07. The average molecular weight is 262 g/mol. The Kier molecular flexibility index (Phi) is 2.19. The zero-order valence-corrected chi connectivity index (χ0v) is 8.87. The first-order chi connectivity index (χ1) is 4.88. The van der Waals surface area contributed by atoms with E-state index in [1.54, 1.807) is 6.92 Å². The molecule has 0 aliphatic heterocycles. The fourth-order valence-electron chi connectivity index (χ4n) is 1.18. The summed E-state index contributed by atoms with van der Waals surface area (Å²) in [5, 5.41) is 9.17. The summed E-state index contributed by atoms with van der Waals surface area (Å²) < 4.78 is -1.11. The molecule has 11 heavy (non-hydrogen) atoms. The molecule has 2 atom stereocenters. The van der Waals surface area contributed by atoms with Crippen molar-refractivity contribution in [3.63, 3.8) is 0 Å². The quantitative estimate of drug-likeness (QED) is 0.775. The topological polar surface area (TPSA) is 37.3 Å². The molecule has 1 aliphatic carbocycles. The van der Waals surface area contributed by atoms with Gasteiger partial charge in [0, 0.05) is 10.7 Å². The zero-order chi connectivity index (χ0) is 8.86. The number of rotatable bonds is 2. The van der Waals surface area contributed by atoms with Gasteiger partial charge in [-0.2, -0.15) is 0 Å². The summed E-state index contributed by atoms with van der Waals surface area (Å²) in [6.07, 6.45) is 0. The molecule has 0 amide bonds. The Labute approximate surface area is 83.0 Å². The van der Waals surface area contributed by atoms with Crippen LogP contribution in [0.5, 0.6) is 0 Å². The van der Waals surface area contributed by atoms with E-state index in [2.05, 4.69) is 15.9 Å². The minimum absolute atomic E-state index is 0.504. The Morgan fingerprint density at radius 2 is 2.18 bits per heavy atom. The number of alkyl halides is 3. The van der Waals surface area contributed by atoms with Crippen molar-refractivity contribution in [3.8, 4) is 0 Å². The second-order valence-electron chi connectivity index (χ2n) is 2.95. The van der Waals surface area contributed by atoms with Crippen molar-refractivity contribution in [2.75, 3.05) is 5.33 Å². The minimum atomic E-state index is -1.11. The number of carboxylic acids is 1. The molecule has 0 heterocycles. The molecule has 0 aromatic rings. The first kappa shape index (κ1) is 9.62. The van der Waals surface area contributed by atoms with Gasteiger partial charge in [0.15, 0.2) is 0 Å². The third-order valence-electron chi connectivity index (χ3n) is 2.20. The number of carboxylic acid groups (broad SMARTS) is 1. The van der Waals surface area contributed by atoms with E-state index in [-0.39, 0.29) is 0 Å². The van der Waals surface area contributed by atoms with Crippen LogP contribution in [0.4, 0.5) is 0 Å². The third-order valence-corrected chi connectivity index (χ3v) is 4.67. The van der Waals surface area contributed by atoms with Crippen LogP contribution >= 0.6 is 39.1 Å². The predicted molar refractivity (Wildman–Crippen MR) is 47.5 cm³/mol. The van der Waals surface area contributed by atoms with Gasteiger partial charge >= 0.3 is 5.97 Å². The van der Waals surface area contributed by atoms with Gasteiger partial charge in [-0.25, -0.2) is 0 Å². The van der Waals surface area contributed by atoms with Crippen LogP contribution in [0.15, 0.2) is 0 Å². The monoisotopic (exact) mass is 260 g/mol. The Balaban J connectivity index is 2.83. The predicted octanol–water partition coefficient (Wildman–Crippen LogP) is 2.28. The summed E-state index contributed by atoms with van der Waals surface area (Å²) in [5.41, 5.74) is -0.526. The SMILES string of the molecule is C[C@@]1(CBr)[C@@H](C(=O)O)C1(Cl)Cl. The Morgan fingerprint density at radius 3 is 2.27 bits per heavy atom. The lowest BCUT2D eigenvalue weighted by molar-refractivity contribution is -0.139. The molecular formula is C6H7BrCl2O2. The number of halogens is 3. The summed E-state index contributed by atoms with van der Waals surface area (Å²) in [7, 11) is 0. The standard InChI is InChI=1S/C6H7BrCl2O2/c1-5(2-7)3(4(10)11)6(5,8)9/h3H,2H2,1H3,(H,10,11)/t3-,5-/m1/s1. The summed E-state index contributed by atoms with van der Waals surface area (Å²) in [6, 6.07) is 0. The van der Waals surface area contributed by atoms with Crippen LogP contribution < -0.4 is 0 Å². The molecule has 0 saturated heterocycles. The first-order valence-electron chi connectivity index (χ1n) is 3.04. The summed E-state index contributed by atoms with van der Waals surface area (Å²) in [5.74, 6) is -1.59. The molecule has 1 fully saturated rings. The van der Waals surface area contributed by atoms with E-state index < -0.39 is 21.6 Å². The van der Waals surface area contributed by atoms with Gasteiger partial charge in [-0.05, 0) is 0 Å². The van der Waals surface area contributed by atoms with Gasteiger partial charge < -0.3 is 5.11 Å². The lowest BCUT2D eigenvalue weighted by Gasteiger charge is -2.03. The number of hydrogen-bond donors (Lipinski definition) is 1. The molecule has 2 nitrogen and oxygen atoms in total. The molecule has 0 unspecified atom stereocenters. The van der Waals surface area contributed by atoms with E-state index in [9.17, 15) is 4.79 Å². The molecule has 0 bridgehead atoms. The van der Waals surface area contributed by atoms with Crippen molar-refractivity contribution in [2.45, 2.75) is 11.3 Å². The molecule has 1 N–H and O–H groups in total. The third kappa shape index (κ3) is 1.09. The first-order valence-corrected chi connectivity index (χ1v) is 4.92. The van der Waals surface area contributed by atoms with Crippen LogP contribution in [0, 0.1) is 11.3 Å². The van der Waals surface area contributed by atoms with Crippen molar-refractivity contribution in [3.05, 3.63) is 0 Å². The maximum atomic E-state index is 10.6. The van der Waals surface area contributed by atoms with Gasteiger partial charge in [0.1, 0.15) is 4.33 Å². The molecule has 64 valence electrons. The van der Waals surface area contributed by atoms with Crippen molar-refractivity contribution >= 4 is 45.1 Å². The van der Waals surface area contributed by atoms with Gasteiger partial charge in [0.2, 0.25) is 0 Å². The normalized spacial score (nSPS) is 40.2. The van der Waals surface area contributed by atoms with Crippen LogP contribution in [0.3, 0.4) is 0 Å². The van der Waals surface area contributed by atoms with Gasteiger partial charge in [0.25, 0.3) is 0 Å². The molecule has 1 aliphatic rings. The van der Waals surface area contributed by atoms with Gasteiger partial charge in [-0.15, -0.1) is 23.2 Å². The van der Waals surface area contributed by atoms with Crippen molar-refractivity contribution in [1.82, 2.24) is 0 Å². The van der Waals surface area contributed by atoms with E-state index in [1.807, 2.05) is 0 Å². The maximum Gasteiger partial charge on any atom is 0.310 e. The fourth-order valence-corrected chi connectivity index (χ4v) is 3.18. The molecule has 0 aromatic heterocycles. The molecule has 5 heteroatoms. The highest BCUT2D eigenvalue weighted by molar-refractivity contribution is 9.09. The van der Waals surface area contributed by atoms with E-state index in [1.165, 1.54) is 0 Å². The molecule has 0 aromatic carbocycles. The molecule has 1 saturated carbocycles. The maximum absolute atomic E-state index is 10.6. The number of aliphatic carboxylic acids is 1. The molecular weight excluding hydrogens is 255 g/mol. The fraction of sp³-hybridized carbons (Fsp3) is 0.833. The van der Waals surface area contributed by atoms with Crippen LogP contribution in [-0.2, 0) is 4.79 Å². The largest absolute Gasteiger partial charge is 0.481 e. The highest BCUT2D eigenvalue weighted by Gasteiger charge is 2.76. The second-order valence-corrected chi connectivity index (χ2v) is 4.89. The molecule has 0 spiro atoms. The van der Waals surface area contributed by atoms with Gasteiger partial charge in [-0.1, -0.05) is 22.9 Å². The smallest absolute Gasteiger partial charge is 0.310 e. The van der Waals surface area contributed by atoms with Crippen molar-refractivity contribution in [1.29, 1.82) is 0 Å². The Bertz CT molecular complexity index is 207. The van der Waals surface area contributed by atoms with Crippen LogP contribution in [-0.4, -0.2) is 20.7 Å². The highest BCUT2D eigenvalue weighted by atomic mass is 79.9. The van der Waals surface area contributed by atoms with Crippen molar-refractivity contribution in [2.24, 2.45) is 11.3 Å². The van der Waals surface area contributed by atoms with E-state index in [0.717, 1.165) is 0 Å². The summed E-state index contributed by atoms with van der Waals surface area (Å²) in [6.45, 7) is 1.75. The van der Waals surface area contributed by atoms with Crippen LogP contribution in [0.1, 0.15) is 6.92 Å². The van der Waals surface area contributed by atoms with Crippen LogP contribution in [0.2, 0.25) is 0 Å². The number of carbonyl (C=O) groups is 1. The number of hydrogen-bond acceptors (Lipinski definition) is 1. The highest BCUT2D eigenvalue weighted by Crippen LogP contribution is 2.69. The molecule has 0 radical (unpaired) electrons. The second kappa shape index (κ2) is 2.51. The lowest BCUT2D eigenvalue weighted by atomic mass is 10.1. The Hall–Kier alpha value is 0.530. The van der Waals surface area contributed by atoms with E-state index >= 15 is 0 Å². The van der Waals surface area contributed by atoms with E-state index in [4.69, 9.17) is 28.3 Å². The molecule has 1 rings (SSSR count). The van der Waals surface area contributed by atoms with E-state index in [0.29, 0.717) is 5.33 Å². The minimum Gasteiger partial charge on any atom is -0.481 e. The average Bonchev–Trinajstić information content (AvgIpc) is 2.29. The van der Waals surface area contributed by atoms with Crippen molar-refractivity contribution < 1.29 is 9.90 Å². The van der Waals surface area contributed by atoms with Crippen LogP contribution in [0.25, 0.3) is 0 Å². The van der Waals surface area contributed by atoms with Gasteiger partial charge in [0.05, 0.1) is 5.92 Å². The summed E-state index contributed by atoms with van der Waals surface area (Å²) in [4.78, 5) is 10.6. The summed E-state index contributed by atoms with van der Waals surface area (Å²) >= 11 is 14.7. The van der Waals surface area contributed by atoms with Gasteiger partial charge in [-0.3, -0.25) is 4.79 Å².